The highest BCUT2D eigenvalue weighted by Gasteiger charge is 2.13. The van der Waals surface area contributed by atoms with Gasteiger partial charge < -0.3 is 18.9 Å². The molecule has 0 saturated carbocycles. The number of hydrogen-bond acceptors (Lipinski definition) is 5. The van der Waals surface area contributed by atoms with Crippen LogP contribution in [0.1, 0.15) is 37.3 Å². The maximum atomic E-state index is 11.5. The van der Waals surface area contributed by atoms with Crippen LogP contribution in [0.25, 0.3) is 6.08 Å². The number of hydrogen-bond donors (Lipinski definition) is 0. The van der Waals surface area contributed by atoms with Crippen molar-refractivity contribution in [2.75, 3.05) is 21.3 Å². The molecule has 0 fully saturated rings. The van der Waals surface area contributed by atoms with Crippen molar-refractivity contribution in [3.8, 4) is 17.2 Å². The van der Waals surface area contributed by atoms with Gasteiger partial charge in [0, 0.05) is 6.92 Å². The van der Waals surface area contributed by atoms with Crippen molar-refractivity contribution in [3.63, 3.8) is 0 Å². The molecule has 0 spiro atoms. The van der Waals surface area contributed by atoms with Gasteiger partial charge in [0.15, 0.2) is 11.5 Å². The summed E-state index contributed by atoms with van der Waals surface area (Å²) in [6.07, 6.45) is 7.20. The van der Waals surface area contributed by atoms with E-state index < -0.39 is 0 Å². The van der Waals surface area contributed by atoms with Crippen LogP contribution in [0, 0.1) is 0 Å². The van der Waals surface area contributed by atoms with Crippen molar-refractivity contribution in [3.05, 3.63) is 59.7 Å². The summed E-state index contributed by atoms with van der Waals surface area (Å²) in [5.41, 5.74) is 2.23. The zero-order chi connectivity index (χ0) is 21.1. The van der Waals surface area contributed by atoms with Gasteiger partial charge in [0.1, 0.15) is 11.9 Å². The number of aryl methyl sites for hydroxylation is 1. The Morgan fingerprint density at radius 2 is 1.66 bits per heavy atom. The van der Waals surface area contributed by atoms with E-state index in [4.69, 9.17) is 18.9 Å². The number of methoxy groups -OCH3 is 3. The number of benzene rings is 2. The molecule has 0 radical (unpaired) electrons. The summed E-state index contributed by atoms with van der Waals surface area (Å²) in [5, 5.41) is 0. The average molecular weight is 398 g/mol. The van der Waals surface area contributed by atoms with E-state index in [1.54, 1.807) is 21.3 Å². The van der Waals surface area contributed by atoms with Gasteiger partial charge in [0.05, 0.1) is 21.3 Å². The van der Waals surface area contributed by atoms with Crippen LogP contribution in [0.2, 0.25) is 0 Å². The zero-order valence-corrected chi connectivity index (χ0v) is 17.6. The molecule has 5 heteroatoms. The van der Waals surface area contributed by atoms with Crippen molar-refractivity contribution in [2.24, 2.45) is 0 Å². The molecule has 5 nitrogen and oxygen atoms in total. The first-order valence-corrected chi connectivity index (χ1v) is 9.74. The van der Waals surface area contributed by atoms with Crippen LogP contribution in [-0.4, -0.2) is 33.4 Å². The van der Waals surface area contributed by atoms with Crippen LogP contribution in [0.3, 0.4) is 0 Å². The Morgan fingerprint density at radius 3 is 2.28 bits per heavy atom. The standard InChI is InChI=1S/C24H30O5/c1-18(25)29-22(8-6-5-7-19-9-13-21(26-2)14-10-19)15-11-20-12-16-23(27-3)24(17-20)28-4/h5,7,9-10,12-14,16-17,22H,6,8,11,15H2,1-4H3/b7-5+/t22-/m1/s1. The first kappa shape index (κ1) is 22.3. The monoisotopic (exact) mass is 398 g/mol. The molecule has 0 unspecified atom stereocenters. The van der Waals surface area contributed by atoms with Crippen LogP contribution in [0.5, 0.6) is 17.2 Å². The maximum absolute atomic E-state index is 11.5. The second kappa shape index (κ2) is 11.8. The molecule has 0 aromatic heterocycles. The minimum Gasteiger partial charge on any atom is -0.497 e. The van der Waals surface area contributed by atoms with Gasteiger partial charge in [-0.2, -0.15) is 0 Å². The molecule has 1 atom stereocenters. The molecule has 0 N–H and O–H groups in total. The molecule has 29 heavy (non-hydrogen) atoms. The molecule has 2 aromatic rings. The zero-order valence-electron chi connectivity index (χ0n) is 17.6. The Morgan fingerprint density at radius 1 is 0.931 bits per heavy atom. The third-order valence-corrected chi connectivity index (χ3v) is 4.62. The van der Waals surface area contributed by atoms with E-state index in [1.807, 2.05) is 42.5 Å². The fourth-order valence-electron chi connectivity index (χ4n) is 3.08. The fourth-order valence-corrected chi connectivity index (χ4v) is 3.08. The summed E-state index contributed by atoms with van der Waals surface area (Å²) < 4.78 is 21.3. The van der Waals surface area contributed by atoms with E-state index in [9.17, 15) is 4.79 Å². The second-order valence-electron chi connectivity index (χ2n) is 6.71. The lowest BCUT2D eigenvalue weighted by atomic mass is 10.0. The molecule has 0 aliphatic carbocycles. The average Bonchev–Trinajstić information content (AvgIpc) is 2.74. The first-order valence-electron chi connectivity index (χ1n) is 9.74. The Hall–Kier alpha value is -2.95. The number of esters is 1. The summed E-state index contributed by atoms with van der Waals surface area (Å²) in [6.45, 7) is 1.45. The van der Waals surface area contributed by atoms with Crippen molar-refractivity contribution >= 4 is 12.0 Å². The molecular weight excluding hydrogens is 368 g/mol. The highest BCUT2D eigenvalue weighted by atomic mass is 16.5. The largest absolute Gasteiger partial charge is 0.497 e. The topological polar surface area (TPSA) is 54.0 Å². The normalized spacial score (nSPS) is 11.9. The molecule has 0 aliphatic rings. The number of carbonyl (C=O) groups excluding carboxylic acids is 1. The highest BCUT2D eigenvalue weighted by Crippen LogP contribution is 2.28. The van der Waals surface area contributed by atoms with Gasteiger partial charge in [-0.15, -0.1) is 0 Å². The van der Waals surface area contributed by atoms with E-state index in [2.05, 4.69) is 12.2 Å². The second-order valence-corrected chi connectivity index (χ2v) is 6.71. The van der Waals surface area contributed by atoms with Gasteiger partial charge in [-0.1, -0.05) is 30.4 Å². The van der Waals surface area contributed by atoms with Crippen LogP contribution in [-0.2, 0) is 16.0 Å². The van der Waals surface area contributed by atoms with E-state index in [-0.39, 0.29) is 12.1 Å². The third kappa shape index (κ3) is 7.53. The van der Waals surface area contributed by atoms with Crippen LogP contribution >= 0.6 is 0 Å². The molecule has 2 rings (SSSR count). The number of rotatable bonds is 11. The summed E-state index contributed by atoms with van der Waals surface area (Å²) in [7, 11) is 4.90. The molecular formula is C24H30O5. The summed E-state index contributed by atoms with van der Waals surface area (Å²) in [5.74, 6) is 2.00. The van der Waals surface area contributed by atoms with Gasteiger partial charge in [-0.25, -0.2) is 0 Å². The third-order valence-electron chi connectivity index (χ3n) is 4.62. The van der Waals surface area contributed by atoms with E-state index in [1.165, 1.54) is 6.92 Å². The minimum absolute atomic E-state index is 0.124. The summed E-state index contributed by atoms with van der Waals surface area (Å²) in [6, 6.07) is 13.8. The van der Waals surface area contributed by atoms with Gasteiger partial charge in [-0.05, 0) is 61.1 Å². The van der Waals surface area contributed by atoms with Crippen molar-refractivity contribution in [1.29, 1.82) is 0 Å². The van der Waals surface area contributed by atoms with Crippen molar-refractivity contribution in [2.45, 2.75) is 38.7 Å². The summed E-state index contributed by atoms with van der Waals surface area (Å²) >= 11 is 0. The van der Waals surface area contributed by atoms with E-state index in [0.717, 1.165) is 42.6 Å². The SMILES string of the molecule is COc1ccc(/C=C/CC[C@H](CCc2ccc(OC)c(OC)c2)OC(C)=O)cc1. The van der Waals surface area contributed by atoms with Crippen LogP contribution in [0.15, 0.2) is 48.5 Å². The Bertz CT molecular complexity index is 795. The lowest BCUT2D eigenvalue weighted by molar-refractivity contribution is -0.146. The van der Waals surface area contributed by atoms with Crippen LogP contribution < -0.4 is 14.2 Å². The molecule has 0 aliphatic heterocycles. The Labute approximate surface area is 173 Å². The van der Waals surface area contributed by atoms with Gasteiger partial charge in [0.25, 0.3) is 0 Å². The molecule has 0 saturated heterocycles. The molecule has 2 aromatic carbocycles. The lowest BCUT2D eigenvalue weighted by Crippen LogP contribution is -2.17. The molecule has 0 amide bonds. The number of carbonyl (C=O) groups is 1. The Balaban J connectivity index is 1.89. The predicted octanol–water partition coefficient (Wildman–Crippen LogP) is 5.07. The highest BCUT2D eigenvalue weighted by molar-refractivity contribution is 5.66. The minimum atomic E-state index is -0.249. The summed E-state index contributed by atoms with van der Waals surface area (Å²) in [4.78, 5) is 11.5. The van der Waals surface area contributed by atoms with Crippen LogP contribution in [0.4, 0.5) is 0 Å². The number of ether oxygens (including phenoxy) is 4. The fraction of sp³-hybridized carbons (Fsp3) is 0.375. The number of allylic oxidation sites excluding steroid dienone is 1. The lowest BCUT2D eigenvalue weighted by Gasteiger charge is -2.17. The van der Waals surface area contributed by atoms with Gasteiger partial charge >= 0.3 is 5.97 Å². The first-order chi connectivity index (χ1) is 14.0. The molecule has 156 valence electrons. The van der Waals surface area contributed by atoms with Gasteiger partial charge in [0.2, 0.25) is 0 Å². The predicted molar refractivity (Wildman–Crippen MR) is 115 cm³/mol. The Kier molecular flexibility index (Phi) is 9.09. The van der Waals surface area contributed by atoms with Crippen molar-refractivity contribution < 1.29 is 23.7 Å². The quantitative estimate of drug-likeness (QED) is 0.495. The van der Waals surface area contributed by atoms with Gasteiger partial charge in [-0.3, -0.25) is 4.79 Å². The van der Waals surface area contributed by atoms with Crippen molar-refractivity contribution in [1.82, 2.24) is 0 Å². The molecule has 0 bridgehead atoms. The van der Waals surface area contributed by atoms with E-state index >= 15 is 0 Å². The molecule has 0 heterocycles. The van der Waals surface area contributed by atoms with E-state index in [0.29, 0.717) is 11.5 Å². The smallest absolute Gasteiger partial charge is 0.302 e. The maximum Gasteiger partial charge on any atom is 0.302 e.